The topological polar surface area (TPSA) is 117 Å². The molecule has 1 unspecified atom stereocenters. The minimum atomic E-state index is -1.05. The van der Waals surface area contributed by atoms with Gasteiger partial charge in [-0.25, -0.2) is 0 Å². The molecule has 7 N–H and O–H groups in total. The number of aliphatic hydroxyl groups excluding tert-OH is 1. The summed E-state index contributed by atoms with van der Waals surface area (Å²) in [7, 11) is 0. The summed E-state index contributed by atoms with van der Waals surface area (Å²) in [6.07, 6.45) is 0.750. The Bertz CT molecular complexity index is 944. The number of rotatable bonds is 5. The first-order valence-electron chi connectivity index (χ1n) is 7.84. The molecule has 6 nitrogen and oxygen atoms in total. The monoisotopic (exact) mass is 336 g/mol. The zero-order valence-electron chi connectivity index (χ0n) is 13.6. The number of carbonyl (C=O) groups is 1. The van der Waals surface area contributed by atoms with Crippen LogP contribution in [0.2, 0.25) is 0 Å². The van der Waals surface area contributed by atoms with Crippen molar-refractivity contribution in [2.45, 2.75) is 6.23 Å². The Balaban J connectivity index is 2.01. The second-order valence-electron chi connectivity index (χ2n) is 5.76. The standard InChI is InChI=1S/C19H20N4O2/c1-11(10-20)19(25)23-13-4-2-3-12(9-13)14-5-6-16(18(21)24)17-15(14)7-8-22-17/h2-9,18,22,24H,1,10,20-21H2,(H,23,25). The van der Waals surface area contributed by atoms with Crippen LogP contribution in [0, 0.1) is 0 Å². The van der Waals surface area contributed by atoms with Gasteiger partial charge in [0.2, 0.25) is 0 Å². The van der Waals surface area contributed by atoms with E-state index >= 15 is 0 Å². The lowest BCUT2D eigenvalue weighted by molar-refractivity contribution is -0.112. The van der Waals surface area contributed by atoms with E-state index in [9.17, 15) is 9.90 Å². The Kier molecular flexibility index (Phi) is 4.67. The summed E-state index contributed by atoms with van der Waals surface area (Å²) in [5.41, 5.74) is 15.4. The summed E-state index contributed by atoms with van der Waals surface area (Å²) in [5.74, 6) is -0.298. The fourth-order valence-corrected chi connectivity index (χ4v) is 2.75. The maximum absolute atomic E-state index is 11.9. The van der Waals surface area contributed by atoms with Gasteiger partial charge in [0.25, 0.3) is 5.91 Å². The fraction of sp³-hybridized carbons (Fsp3) is 0.105. The van der Waals surface area contributed by atoms with Crippen LogP contribution in [-0.4, -0.2) is 22.5 Å². The van der Waals surface area contributed by atoms with Crippen LogP contribution in [0.4, 0.5) is 5.69 Å². The Hall–Kier alpha value is -2.93. The summed E-state index contributed by atoms with van der Waals surface area (Å²) in [6, 6.07) is 13.1. The molecule has 0 aliphatic rings. The van der Waals surface area contributed by atoms with Gasteiger partial charge in [-0.15, -0.1) is 0 Å². The number of aromatic nitrogens is 1. The molecule has 3 aromatic rings. The number of fused-ring (bicyclic) bond motifs is 1. The average Bonchev–Trinajstić information content (AvgIpc) is 3.09. The molecule has 0 saturated carbocycles. The predicted octanol–water partition coefficient (Wildman–Crippen LogP) is 2.24. The van der Waals surface area contributed by atoms with Crippen LogP contribution in [0.3, 0.4) is 0 Å². The number of nitrogens with one attached hydrogen (secondary N) is 2. The van der Waals surface area contributed by atoms with Crippen LogP contribution in [0.25, 0.3) is 22.0 Å². The van der Waals surface area contributed by atoms with Gasteiger partial charge in [-0.3, -0.25) is 4.79 Å². The normalized spacial score (nSPS) is 12.1. The van der Waals surface area contributed by atoms with Crippen molar-refractivity contribution in [2.24, 2.45) is 11.5 Å². The number of aliphatic hydroxyl groups is 1. The number of aromatic amines is 1. The summed E-state index contributed by atoms with van der Waals surface area (Å²) in [6.45, 7) is 3.74. The SMILES string of the molecule is C=C(CN)C(=O)Nc1cccc(-c2ccc(C(N)O)c3[nH]ccc23)c1. The van der Waals surface area contributed by atoms with Crippen LogP contribution in [-0.2, 0) is 4.79 Å². The van der Waals surface area contributed by atoms with Crippen molar-refractivity contribution in [3.05, 3.63) is 66.4 Å². The van der Waals surface area contributed by atoms with E-state index in [1.165, 1.54) is 0 Å². The Labute approximate surface area is 145 Å². The van der Waals surface area contributed by atoms with Crippen molar-refractivity contribution < 1.29 is 9.90 Å². The first kappa shape index (κ1) is 16.9. The lowest BCUT2D eigenvalue weighted by Crippen LogP contribution is -2.19. The van der Waals surface area contributed by atoms with Crippen LogP contribution < -0.4 is 16.8 Å². The largest absolute Gasteiger partial charge is 0.374 e. The minimum absolute atomic E-state index is 0.109. The minimum Gasteiger partial charge on any atom is -0.374 e. The molecule has 0 aliphatic carbocycles. The molecular formula is C19H20N4O2. The molecule has 6 heteroatoms. The molecule has 0 aliphatic heterocycles. The Morgan fingerprint density at radius 3 is 2.80 bits per heavy atom. The first-order chi connectivity index (χ1) is 12.0. The predicted molar refractivity (Wildman–Crippen MR) is 99.7 cm³/mol. The number of anilines is 1. The van der Waals surface area contributed by atoms with Crippen molar-refractivity contribution in [3.8, 4) is 11.1 Å². The Morgan fingerprint density at radius 2 is 2.08 bits per heavy atom. The number of hydrogen-bond acceptors (Lipinski definition) is 4. The lowest BCUT2D eigenvalue weighted by atomic mass is 9.98. The van der Waals surface area contributed by atoms with Crippen LogP contribution in [0.1, 0.15) is 11.8 Å². The van der Waals surface area contributed by atoms with Gasteiger partial charge in [0, 0.05) is 35.0 Å². The molecule has 0 saturated heterocycles. The van der Waals surface area contributed by atoms with Crippen LogP contribution in [0.5, 0.6) is 0 Å². The average molecular weight is 336 g/mol. The third-order valence-corrected chi connectivity index (χ3v) is 4.07. The number of carbonyl (C=O) groups excluding carboxylic acids is 1. The van der Waals surface area contributed by atoms with Gasteiger partial charge in [-0.1, -0.05) is 30.8 Å². The lowest BCUT2D eigenvalue weighted by Gasteiger charge is -2.12. The van der Waals surface area contributed by atoms with Gasteiger partial charge in [0.15, 0.2) is 0 Å². The van der Waals surface area contributed by atoms with Crippen molar-refractivity contribution in [1.29, 1.82) is 0 Å². The van der Waals surface area contributed by atoms with E-state index in [4.69, 9.17) is 11.5 Å². The summed E-state index contributed by atoms with van der Waals surface area (Å²) in [5, 5.41) is 13.4. The molecule has 0 radical (unpaired) electrons. The van der Waals surface area contributed by atoms with E-state index in [2.05, 4.69) is 16.9 Å². The van der Waals surface area contributed by atoms with Crippen LogP contribution >= 0.6 is 0 Å². The van der Waals surface area contributed by atoms with E-state index in [0.29, 0.717) is 16.8 Å². The maximum Gasteiger partial charge on any atom is 0.252 e. The molecule has 2 aromatic carbocycles. The smallest absolute Gasteiger partial charge is 0.252 e. The third kappa shape index (κ3) is 3.32. The highest BCUT2D eigenvalue weighted by Gasteiger charge is 2.13. The van der Waals surface area contributed by atoms with E-state index in [1.54, 1.807) is 18.3 Å². The van der Waals surface area contributed by atoms with Crippen molar-refractivity contribution in [2.75, 3.05) is 11.9 Å². The number of nitrogens with two attached hydrogens (primary N) is 2. The van der Waals surface area contributed by atoms with Gasteiger partial charge in [-0.2, -0.15) is 0 Å². The van der Waals surface area contributed by atoms with Crippen molar-refractivity contribution >= 4 is 22.5 Å². The number of H-pyrrole nitrogens is 1. The molecule has 128 valence electrons. The molecule has 1 atom stereocenters. The molecular weight excluding hydrogens is 316 g/mol. The summed E-state index contributed by atoms with van der Waals surface area (Å²) >= 11 is 0. The van der Waals surface area contributed by atoms with Gasteiger partial charge in [0.1, 0.15) is 6.23 Å². The zero-order chi connectivity index (χ0) is 18.0. The summed E-state index contributed by atoms with van der Waals surface area (Å²) < 4.78 is 0. The van der Waals surface area contributed by atoms with Gasteiger partial charge >= 0.3 is 0 Å². The molecule has 1 aromatic heterocycles. The highest BCUT2D eigenvalue weighted by Crippen LogP contribution is 2.32. The molecule has 25 heavy (non-hydrogen) atoms. The molecule has 0 fully saturated rings. The van der Waals surface area contributed by atoms with Crippen molar-refractivity contribution in [1.82, 2.24) is 4.98 Å². The Morgan fingerprint density at radius 1 is 1.28 bits per heavy atom. The second-order valence-corrected chi connectivity index (χ2v) is 5.76. The molecule has 1 heterocycles. The molecule has 0 bridgehead atoms. The van der Waals surface area contributed by atoms with Gasteiger partial charge in [0.05, 0.1) is 5.52 Å². The highest BCUT2D eigenvalue weighted by atomic mass is 16.3. The maximum atomic E-state index is 11.9. The number of amides is 1. The number of hydrogen-bond donors (Lipinski definition) is 5. The molecule has 1 amide bonds. The number of benzene rings is 2. The zero-order valence-corrected chi connectivity index (χ0v) is 13.6. The van der Waals surface area contributed by atoms with Gasteiger partial charge < -0.3 is 26.9 Å². The highest BCUT2D eigenvalue weighted by molar-refractivity contribution is 6.04. The third-order valence-electron chi connectivity index (χ3n) is 4.07. The van der Waals surface area contributed by atoms with Gasteiger partial charge in [-0.05, 0) is 29.3 Å². The first-order valence-corrected chi connectivity index (χ1v) is 7.84. The second kappa shape index (κ2) is 6.90. The van der Waals surface area contributed by atoms with Crippen LogP contribution in [0.15, 0.2) is 60.8 Å². The quantitative estimate of drug-likeness (QED) is 0.363. The fourth-order valence-electron chi connectivity index (χ4n) is 2.75. The van der Waals surface area contributed by atoms with Crippen molar-refractivity contribution in [3.63, 3.8) is 0 Å². The molecule has 0 spiro atoms. The summed E-state index contributed by atoms with van der Waals surface area (Å²) in [4.78, 5) is 15.1. The van der Waals surface area contributed by atoms with E-state index in [-0.39, 0.29) is 12.5 Å². The molecule has 3 rings (SSSR count). The van der Waals surface area contributed by atoms with E-state index < -0.39 is 6.23 Å². The van der Waals surface area contributed by atoms with E-state index in [1.807, 2.05) is 30.3 Å². The van der Waals surface area contributed by atoms with E-state index in [0.717, 1.165) is 22.0 Å².